The van der Waals surface area contributed by atoms with Gasteiger partial charge in [0.25, 0.3) is 0 Å². The lowest BCUT2D eigenvalue weighted by molar-refractivity contribution is -0.141. The standard InChI is InChI=1S/C16H23NO4S/c1-2-22-12-10-14(16(19)20)17-15(18)9-6-11-21-13-7-4-3-5-8-13/h3-5,7-8,14H,2,6,9-12H2,1H3,(H,17,18)(H,19,20). The highest BCUT2D eigenvalue weighted by atomic mass is 32.2. The molecule has 0 heterocycles. The zero-order chi connectivity index (χ0) is 16.2. The van der Waals surface area contributed by atoms with Crippen molar-refractivity contribution in [2.24, 2.45) is 0 Å². The van der Waals surface area contributed by atoms with Crippen LogP contribution in [0, 0.1) is 0 Å². The van der Waals surface area contributed by atoms with Crippen molar-refractivity contribution >= 4 is 23.6 Å². The van der Waals surface area contributed by atoms with Gasteiger partial charge in [-0.15, -0.1) is 0 Å². The Balaban J connectivity index is 2.21. The zero-order valence-corrected chi connectivity index (χ0v) is 13.6. The molecule has 1 aromatic carbocycles. The van der Waals surface area contributed by atoms with E-state index in [4.69, 9.17) is 9.84 Å². The van der Waals surface area contributed by atoms with E-state index in [1.54, 1.807) is 11.8 Å². The fourth-order valence-electron chi connectivity index (χ4n) is 1.81. The molecule has 122 valence electrons. The zero-order valence-electron chi connectivity index (χ0n) is 12.8. The maximum absolute atomic E-state index is 11.8. The number of rotatable bonds is 11. The van der Waals surface area contributed by atoms with Crippen molar-refractivity contribution in [3.05, 3.63) is 30.3 Å². The molecule has 1 aromatic rings. The summed E-state index contributed by atoms with van der Waals surface area (Å²) in [6.07, 6.45) is 1.26. The SMILES string of the molecule is CCSCCC(NC(=O)CCCOc1ccccc1)C(=O)O. The van der Waals surface area contributed by atoms with Crippen LogP contribution in [0.2, 0.25) is 0 Å². The molecule has 0 radical (unpaired) electrons. The van der Waals surface area contributed by atoms with Gasteiger partial charge in [-0.1, -0.05) is 25.1 Å². The fraction of sp³-hybridized carbons (Fsp3) is 0.500. The molecule has 6 heteroatoms. The van der Waals surface area contributed by atoms with Crippen LogP contribution in [0.25, 0.3) is 0 Å². The van der Waals surface area contributed by atoms with Gasteiger partial charge in [0.15, 0.2) is 0 Å². The molecule has 0 saturated carbocycles. The van der Waals surface area contributed by atoms with Gasteiger partial charge in [-0.3, -0.25) is 4.79 Å². The van der Waals surface area contributed by atoms with Crippen LogP contribution in [0.15, 0.2) is 30.3 Å². The number of carboxylic acids is 1. The molecule has 0 fully saturated rings. The van der Waals surface area contributed by atoms with Crippen molar-refractivity contribution in [3.63, 3.8) is 0 Å². The first kappa shape index (κ1) is 18.4. The van der Waals surface area contributed by atoms with Crippen molar-refractivity contribution < 1.29 is 19.4 Å². The highest BCUT2D eigenvalue weighted by Crippen LogP contribution is 2.09. The second kappa shape index (κ2) is 11.0. The normalized spacial score (nSPS) is 11.7. The number of carbonyl (C=O) groups is 2. The van der Waals surface area contributed by atoms with Gasteiger partial charge in [-0.05, 0) is 36.5 Å². The summed E-state index contributed by atoms with van der Waals surface area (Å²) < 4.78 is 5.49. The predicted molar refractivity (Wildman–Crippen MR) is 88.4 cm³/mol. The summed E-state index contributed by atoms with van der Waals surface area (Å²) in [5, 5.41) is 11.7. The Bertz CT molecular complexity index is 453. The number of para-hydroxylation sites is 1. The molecular weight excluding hydrogens is 302 g/mol. The second-order valence-corrected chi connectivity index (χ2v) is 6.10. The minimum atomic E-state index is -0.981. The van der Waals surface area contributed by atoms with E-state index in [9.17, 15) is 9.59 Å². The molecule has 0 aliphatic rings. The number of ether oxygens (including phenoxy) is 1. The molecule has 0 bridgehead atoms. The van der Waals surface area contributed by atoms with E-state index >= 15 is 0 Å². The number of hydrogen-bond acceptors (Lipinski definition) is 4. The lowest BCUT2D eigenvalue weighted by atomic mass is 10.2. The lowest BCUT2D eigenvalue weighted by Crippen LogP contribution is -2.41. The second-order valence-electron chi connectivity index (χ2n) is 4.71. The Hall–Kier alpha value is -1.69. The highest BCUT2D eigenvalue weighted by Gasteiger charge is 2.19. The number of carboxylic acid groups (broad SMARTS) is 1. The van der Waals surface area contributed by atoms with E-state index in [0.29, 0.717) is 19.4 Å². The van der Waals surface area contributed by atoms with Crippen LogP contribution in [0.5, 0.6) is 5.75 Å². The number of aliphatic carboxylic acids is 1. The summed E-state index contributed by atoms with van der Waals surface area (Å²) in [5.41, 5.74) is 0. The van der Waals surface area contributed by atoms with Gasteiger partial charge >= 0.3 is 5.97 Å². The van der Waals surface area contributed by atoms with Crippen molar-refractivity contribution in [1.82, 2.24) is 5.32 Å². The largest absolute Gasteiger partial charge is 0.494 e. The molecule has 2 N–H and O–H groups in total. The summed E-state index contributed by atoms with van der Waals surface area (Å²) in [4.78, 5) is 22.9. The molecule has 0 spiro atoms. The molecule has 1 atom stereocenters. The number of amides is 1. The molecule has 0 aromatic heterocycles. The van der Waals surface area contributed by atoms with Crippen LogP contribution >= 0.6 is 11.8 Å². The number of nitrogens with one attached hydrogen (secondary N) is 1. The summed E-state index contributed by atoms with van der Waals surface area (Å²) in [7, 11) is 0. The van der Waals surface area contributed by atoms with Crippen molar-refractivity contribution in [1.29, 1.82) is 0 Å². The maximum atomic E-state index is 11.8. The van der Waals surface area contributed by atoms with Gasteiger partial charge in [-0.2, -0.15) is 11.8 Å². The molecule has 1 amide bonds. The topological polar surface area (TPSA) is 75.6 Å². The first-order chi connectivity index (χ1) is 10.6. The number of benzene rings is 1. The number of hydrogen-bond donors (Lipinski definition) is 2. The number of carbonyl (C=O) groups excluding carboxylic acids is 1. The van der Waals surface area contributed by atoms with Gasteiger partial charge in [0, 0.05) is 6.42 Å². The summed E-state index contributed by atoms with van der Waals surface area (Å²) in [6, 6.07) is 8.57. The van der Waals surface area contributed by atoms with E-state index in [1.165, 1.54) is 0 Å². The molecule has 0 saturated heterocycles. The summed E-state index contributed by atoms with van der Waals surface area (Å²) in [5.74, 6) is 1.21. The average Bonchev–Trinajstić information content (AvgIpc) is 2.51. The third-order valence-corrected chi connectivity index (χ3v) is 3.88. The number of thioether (sulfide) groups is 1. The van der Waals surface area contributed by atoms with Crippen LogP contribution in [0.4, 0.5) is 0 Å². The Labute approximate surface area is 135 Å². The van der Waals surface area contributed by atoms with Gasteiger partial charge in [0.2, 0.25) is 5.91 Å². The van der Waals surface area contributed by atoms with Gasteiger partial charge in [0.1, 0.15) is 11.8 Å². The smallest absolute Gasteiger partial charge is 0.326 e. The minimum absolute atomic E-state index is 0.245. The van der Waals surface area contributed by atoms with Crippen molar-refractivity contribution in [2.45, 2.75) is 32.2 Å². The lowest BCUT2D eigenvalue weighted by Gasteiger charge is -2.14. The Morgan fingerprint density at radius 3 is 2.68 bits per heavy atom. The van der Waals surface area contributed by atoms with Crippen molar-refractivity contribution in [2.75, 3.05) is 18.1 Å². The van der Waals surface area contributed by atoms with E-state index in [1.807, 2.05) is 37.3 Å². The van der Waals surface area contributed by atoms with E-state index < -0.39 is 12.0 Å². The molecule has 0 aliphatic carbocycles. The Morgan fingerprint density at radius 2 is 2.05 bits per heavy atom. The Morgan fingerprint density at radius 1 is 1.32 bits per heavy atom. The van der Waals surface area contributed by atoms with Gasteiger partial charge < -0.3 is 15.2 Å². The fourth-order valence-corrected chi connectivity index (χ4v) is 2.50. The van der Waals surface area contributed by atoms with Crippen LogP contribution < -0.4 is 10.1 Å². The van der Waals surface area contributed by atoms with Crippen LogP contribution in [0.3, 0.4) is 0 Å². The molecular formula is C16H23NO4S. The molecule has 1 rings (SSSR count). The van der Waals surface area contributed by atoms with Gasteiger partial charge in [0.05, 0.1) is 6.61 Å². The van der Waals surface area contributed by atoms with Crippen LogP contribution in [-0.2, 0) is 9.59 Å². The third-order valence-electron chi connectivity index (χ3n) is 2.95. The monoisotopic (exact) mass is 325 g/mol. The van der Waals surface area contributed by atoms with E-state index in [2.05, 4.69) is 5.32 Å². The van der Waals surface area contributed by atoms with E-state index in [-0.39, 0.29) is 12.3 Å². The highest BCUT2D eigenvalue weighted by molar-refractivity contribution is 7.99. The van der Waals surface area contributed by atoms with E-state index in [0.717, 1.165) is 17.3 Å². The predicted octanol–water partition coefficient (Wildman–Crippen LogP) is 2.56. The van der Waals surface area contributed by atoms with Crippen LogP contribution in [-0.4, -0.2) is 41.1 Å². The van der Waals surface area contributed by atoms with Crippen molar-refractivity contribution in [3.8, 4) is 5.75 Å². The first-order valence-corrected chi connectivity index (χ1v) is 8.56. The van der Waals surface area contributed by atoms with Gasteiger partial charge in [-0.25, -0.2) is 4.79 Å². The van der Waals surface area contributed by atoms with Crippen LogP contribution in [0.1, 0.15) is 26.2 Å². The third kappa shape index (κ3) is 7.93. The average molecular weight is 325 g/mol. The first-order valence-electron chi connectivity index (χ1n) is 7.41. The Kier molecular flexibility index (Phi) is 9.14. The quantitative estimate of drug-likeness (QED) is 0.612. The maximum Gasteiger partial charge on any atom is 0.326 e. The summed E-state index contributed by atoms with van der Waals surface area (Å²) in [6.45, 7) is 2.45. The summed E-state index contributed by atoms with van der Waals surface area (Å²) >= 11 is 1.67. The molecule has 0 aliphatic heterocycles. The molecule has 5 nitrogen and oxygen atoms in total. The molecule has 22 heavy (non-hydrogen) atoms. The minimum Gasteiger partial charge on any atom is -0.494 e. The molecule has 1 unspecified atom stereocenters.